The Kier molecular flexibility index (Phi) is 2.82. The number of carbonyl (C=O) groups excluding carboxylic acids is 1. The molecule has 0 saturated heterocycles. The van der Waals surface area contributed by atoms with Crippen molar-refractivity contribution in [2.24, 2.45) is 5.41 Å². The van der Waals surface area contributed by atoms with Gasteiger partial charge in [0.05, 0.1) is 0 Å². The first-order valence-corrected chi connectivity index (χ1v) is 7.18. The second-order valence-electron chi connectivity index (χ2n) is 5.90. The topological polar surface area (TPSA) is 17.1 Å². The molecule has 0 fully saturated rings. The zero-order chi connectivity index (χ0) is 13.6. The standard InChI is InChI=1S/C16H15FOS/c1-16(2)8-13(18)12-7-14(19-15(12)9-16)10-3-5-11(17)6-4-10/h3-7H,8-9H2,1-2H3. The number of halogens is 1. The Morgan fingerprint density at radius 2 is 1.84 bits per heavy atom. The molecule has 0 spiro atoms. The normalized spacial score (nSPS) is 17.3. The molecule has 1 aliphatic rings. The van der Waals surface area contributed by atoms with Gasteiger partial charge in [-0.15, -0.1) is 11.3 Å². The fourth-order valence-electron chi connectivity index (χ4n) is 2.58. The van der Waals surface area contributed by atoms with Crippen molar-refractivity contribution < 1.29 is 9.18 Å². The number of thiophene rings is 1. The number of Topliss-reactive ketones (excluding diaryl/α,β-unsaturated/α-hetero) is 1. The lowest BCUT2D eigenvalue weighted by molar-refractivity contribution is 0.0914. The molecule has 98 valence electrons. The molecule has 0 atom stereocenters. The summed E-state index contributed by atoms with van der Waals surface area (Å²) < 4.78 is 12.9. The van der Waals surface area contributed by atoms with Crippen LogP contribution >= 0.6 is 11.3 Å². The Morgan fingerprint density at radius 3 is 2.53 bits per heavy atom. The molecule has 1 nitrogen and oxygen atoms in total. The molecule has 1 aromatic heterocycles. The van der Waals surface area contributed by atoms with Gasteiger partial charge in [-0.1, -0.05) is 26.0 Å². The van der Waals surface area contributed by atoms with Crippen LogP contribution in [0.4, 0.5) is 4.39 Å². The van der Waals surface area contributed by atoms with Crippen LogP contribution in [-0.4, -0.2) is 5.78 Å². The van der Waals surface area contributed by atoms with E-state index in [1.165, 1.54) is 17.0 Å². The Hall–Kier alpha value is -1.48. The number of rotatable bonds is 1. The fraction of sp³-hybridized carbons (Fsp3) is 0.312. The van der Waals surface area contributed by atoms with E-state index in [9.17, 15) is 9.18 Å². The lowest BCUT2D eigenvalue weighted by atomic mass is 9.77. The second kappa shape index (κ2) is 4.27. The van der Waals surface area contributed by atoms with E-state index in [2.05, 4.69) is 13.8 Å². The summed E-state index contributed by atoms with van der Waals surface area (Å²) in [5.41, 5.74) is 1.89. The first-order chi connectivity index (χ1) is 8.94. The van der Waals surface area contributed by atoms with Gasteiger partial charge < -0.3 is 0 Å². The second-order valence-corrected chi connectivity index (χ2v) is 7.03. The Labute approximate surface area is 116 Å². The monoisotopic (exact) mass is 274 g/mol. The van der Waals surface area contributed by atoms with Gasteiger partial charge in [-0.3, -0.25) is 4.79 Å². The smallest absolute Gasteiger partial charge is 0.164 e. The summed E-state index contributed by atoms with van der Waals surface area (Å²) in [5, 5.41) is 0. The molecule has 3 rings (SSSR count). The zero-order valence-corrected chi connectivity index (χ0v) is 11.8. The minimum atomic E-state index is -0.234. The molecule has 1 heterocycles. The van der Waals surface area contributed by atoms with E-state index in [1.807, 2.05) is 6.07 Å². The van der Waals surface area contributed by atoms with E-state index in [4.69, 9.17) is 0 Å². The number of benzene rings is 1. The van der Waals surface area contributed by atoms with Crippen LogP contribution in [0.25, 0.3) is 10.4 Å². The molecule has 1 aliphatic carbocycles. The number of hydrogen-bond donors (Lipinski definition) is 0. The fourth-order valence-corrected chi connectivity index (χ4v) is 4.02. The van der Waals surface area contributed by atoms with Crippen molar-refractivity contribution in [3.63, 3.8) is 0 Å². The number of hydrogen-bond acceptors (Lipinski definition) is 2. The van der Waals surface area contributed by atoms with Crippen molar-refractivity contribution in [3.05, 3.63) is 46.6 Å². The van der Waals surface area contributed by atoms with Crippen LogP contribution in [0.3, 0.4) is 0 Å². The molecule has 1 aromatic carbocycles. The predicted octanol–water partition coefficient (Wildman–Crippen LogP) is 4.71. The molecule has 0 bridgehead atoms. The van der Waals surface area contributed by atoms with Crippen molar-refractivity contribution >= 4 is 17.1 Å². The molecule has 0 N–H and O–H groups in total. The minimum Gasteiger partial charge on any atom is -0.294 e. The lowest BCUT2D eigenvalue weighted by Crippen LogP contribution is -2.25. The SMILES string of the molecule is CC1(C)CC(=O)c2cc(-c3ccc(F)cc3)sc2C1. The van der Waals surface area contributed by atoms with Gasteiger partial charge in [0, 0.05) is 21.7 Å². The van der Waals surface area contributed by atoms with Gasteiger partial charge in [-0.2, -0.15) is 0 Å². The van der Waals surface area contributed by atoms with Crippen LogP contribution in [0.5, 0.6) is 0 Å². The van der Waals surface area contributed by atoms with Gasteiger partial charge in [0.1, 0.15) is 5.82 Å². The van der Waals surface area contributed by atoms with Crippen molar-refractivity contribution in [3.8, 4) is 10.4 Å². The Bertz CT molecular complexity index is 637. The molecule has 3 heteroatoms. The molecule has 0 aliphatic heterocycles. The van der Waals surface area contributed by atoms with Gasteiger partial charge in [-0.25, -0.2) is 4.39 Å². The largest absolute Gasteiger partial charge is 0.294 e. The van der Waals surface area contributed by atoms with Crippen LogP contribution in [0.15, 0.2) is 30.3 Å². The van der Waals surface area contributed by atoms with Crippen LogP contribution < -0.4 is 0 Å². The van der Waals surface area contributed by atoms with Crippen molar-refractivity contribution in [1.82, 2.24) is 0 Å². The maximum absolute atomic E-state index is 12.9. The third-order valence-electron chi connectivity index (χ3n) is 3.52. The number of fused-ring (bicyclic) bond motifs is 1. The van der Waals surface area contributed by atoms with Crippen LogP contribution in [0.2, 0.25) is 0 Å². The van der Waals surface area contributed by atoms with E-state index in [0.29, 0.717) is 6.42 Å². The summed E-state index contributed by atoms with van der Waals surface area (Å²) in [6, 6.07) is 8.41. The highest BCUT2D eigenvalue weighted by molar-refractivity contribution is 7.15. The predicted molar refractivity (Wildman–Crippen MR) is 76.1 cm³/mol. The average Bonchev–Trinajstić information content (AvgIpc) is 2.72. The summed E-state index contributed by atoms with van der Waals surface area (Å²) in [5.74, 6) is -0.00172. The summed E-state index contributed by atoms with van der Waals surface area (Å²) in [6.45, 7) is 4.26. The van der Waals surface area contributed by atoms with E-state index in [0.717, 1.165) is 22.4 Å². The Balaban J connectivity index is 2.03. The minimum absolute atomic E-state index is 0.0506. The Morgan fingerprint density at radius 1 is 1.16 bits per heavy atom. The molecular weight excluding hydrogens is 259 g/mol. The van der Waals surface area contributed by atoms with Crippen molar-refractivity contribution in [2.75, 3.05) is 0 Å². The third kappa shape index (κ3) is 2.35. The zero-order valence-electron chi connectivity index (χ0n) is 11.0. The molecule has 0 amide bonds. The number of ketones is 1. The summed E-state index contributed by atoms with van der Waals surface area (Å²) in [6.07, 6.45) is 1.56. The molecule has 0 radical (unpaired) electrons. The molecule has 0 saturated carbocycles. The van der Waals surface area contributed by atoms with Crippen LogP contribution in [-0.2, 0) is 6.42 Å². The van der Waals surface area contributed by atoms with Crippen LogP contribution in [0.1, 0.15) is 35.5 Å². The van der Waals surface area contributed by atoms with Crippen LogP contribution in [0, 0.1) is 11.2 Å². The van der Waals surface area contributed by atoms with Crippen molar-refractivity contribution in [2.45, 2.75) is 26.7 Å². The quantitative estimate of drug-likeness (QED) is 0.736. The summed E-state index contributed by atoms with van der Waals surface area (Å²) in [7, 11) is 0. The van der Waals surface area contributed by atoms with E-state index >= 15 is 0 Å². The number of carbonyl (C=O) groups is 1. The highest BCUT2D eigenvalue weighted by atomic mass is 32.1. The average molecular weight is 274 g/mol. The maximum Gasteiger partial charge on any atom is 0.164 e. The highest BCUT2D eigenvalue weighted by Gasteiger charge is 2.32. The summed E-state index contributed by atoms with van der Waals surface area (Å²) in [4.78, 5) is 14.4. The van der Waals surface area contributed by atoms with Gasteiger partial charge in [0.15, 0.2) is 5.78 Å². The third-order valence-corrected chi connectivity index (χ3v) is 4.70. The first kappa shape index (κ1) is 12.5. The molecule has 19 heavy (non-hydrogen) atoms. The lowest BCUT2D eigenvalue weighted by Gasteiger charge is -2.27. The van der Waals surface area contributed by atoms with E-state index in [-0.39, 0.29) is 17.0 Å². The maximum atomic E-state index is 12.9. The van der Waals surface area contributed by atoms with Gasteiger partial charge in [0.2, 0.25) is 0 Å². The highest BCUT2D eigenvalue weighted by Crippen LogP contribution is 2.41. The van der Waals surface area contributed by atoms with Gasteiger partial charge >= 0.3 is 0 Å². The van der Waals surface area contributed by atoms with Gasteiger partial charge in [0.25, 0.3) is 0 Å². The van der Waals surface area contributed by atoms with Gasteiger partial charge in [-0.05, 0) is 35.6 Å². The van der Waals surface area contributed by atoms with Crippen molar-refractivity contribution in [1.29, 1.82) is 0 Å². The first-order valence-electron chi connectivity index (χ1n) is 6.36. The molecular formula is C16H15FOS. The van der Waals surface area contributed by atoms with E-state index in [1.54, 1.807) is 23.5 Å². The van der Waals surface area contributed by atoms with E-state index < -0.39 is 0 Å². The molecule has 2 aromatic rings. The molecule has 0 unspecified atom stereocenters. The summed E-state index contributed by atoms with van der Waals surface area (Å²) >= 11 is 1.66.